The van der Waals surface area contributed by atoms with Crippen LogP contribution in [0.3, 0.4) is 0 Å². The first-order chi connectivity index (χ1) is 18.9. The van der Waals surface area contributed by atoms with Gasteiger partial charge in [0.05, 0.1) is 10.6 Å². The van der Waals surface area contributed by atoms with Gasteiger partial charge in [0, 0.05) is 13.1 Å². The number of hydrogen-bond donors (Lipinski definition) is 1. The predicted molar refractivity (Wildman–Crippen MR) is 161 cm³/mol. The quantitative estimate of drug-likeness (QED) is 0.320. The summed E-state index contributed by atoms with van der Waals surface area (Å²) in [5.41, 5.74) is 4.03. The number of sulfonamides is 1. The molecule has 214 valence electrons. The van der Waals surface area contributed by atoms with Crippen molar-refractivity contribution in [1.82, 2.24) is 10.2 Å². The molecule has 0 aliphatic heterocycles. The third-order valence-corrected chi connectivity index (χ3v) is 8.68. The molecule has 3 rings (SSSR count). The molecule has 7 nitrogen and oxygen atoms in total. The highest BCUT2D eigenvalue weighted by atomic mass is 32.2. The first-order valence-electron chi connectivity index (χ1n) is 13.7. The molecule has 1 unspecified atom stereocenters. The van der Waals surface area contributed by atoms with E-state index in [1.165, 1.54) is 21.3 Å². The van der Waals surface area contributed by atoms with Crippen molar-refractivity contribution in [3.63, 3.8) is 0 Å². The molecule has 0 aromatic heterocycles. The lowest BCUT2D eigenvalue weighted by Gasteiger charge is -2.34. The minimum absolute atomic E-state index is 0.0925. The lowest BCUT2D eigenvalue weighted by atomic mass is 10.1. The number of benzene rings is 3. The molecule has 0 aliphatic rings. The smallest absolute Gasteiger partial charge is 0.264 e. The molecule has 40 heavy (non-hydrogen) atoms. The number of aryl methyl sites for hydroxylation is 3. The summed E-state index contributed by atoms with van der Waals surface area (Å²) >= 11 is 0. The van der Waals surface area contributed by atoms with Crippen molar-refractivity contribution < 1.29 is 18.0 Å². The molecule has 0 saturated heterocycles. The summed E-state index contributed by atoms with van der Waals surface area (Å²) in [4.78, 5) is 29.1. The Balaban J connectivity index is 2.08. The van der Waals surface area contributed by atoms with E-state index in [0.717, 1.165) is 22.3 Å². The van der Waals surface area contributed by atoms with Crippen LogP contribution in [0.4, 0.5) is 5.69 Å². The zero-order valence-electron chi connectivity index (χ0n) is 24.3. The van der Waals surface area contributed by atoms with E-state index >= 15 is 0 Å². The van der Waals surface area contributed by atoms with Crippen LogP contribution < -0.4 is 9.62 Å². The summed E-state index contributed by atoms with van der Waals surface area (Å²) in [6.07, 6.45) is 0.385. The zero-order chi connectivity index (χ0) is 29.4. The number of nitrogens with one attached hydrogen (secondary N) is 1. The summed E-state index contributed by atoms with van der Waals surface area (Å²) < 4.78 is 29.1. The molecule has 0 aliphatic carbocycles. The van der Waals surface area contributed by atoms with Crippen molar-refractivity contribution in [1.29, 1.82) is 0 Å². The Morgan fingerprint density at radius 1 is 0.875 bits per heavy atom. The van der Waals surface area contributed by atoms with Crippen LogP contribution in [0.2, 0.25) is 0 Å². The van der Waals surface area contributed by atoms with Crippen molar-refractivity contribution in [2.45, 2.75) is 65.4 Å². The van der Waals surface area contributed by atoms with Gasteiger partial charge in [-0.1, -0.05) is 80.9 Å². The van der Waals surface area contributed by atoms with Gasteiger partial charge in [-0.05, 0) is 68.0 Å². The van der Waals surface area contributed by atoms with Gasteiger partial charge in [-0.2, -0.15) is 0 Å². The van der Waals surface area contributed by atoms with Gasteiger partial charge in [0.25, 0.3) is 10.0 Å². The Morgan fingerprint density at radius 2 is 1.52 bits per heavy atom. The second-order valence-electron chi connectivity index (χ2n) is 10.6. The van der Waals surface area contributed by atoms with Crippen LogP contribution in [0.15, 0.2) is 77.7 Å². The first-order valence-corrected chi connectivity index (χ1v) is 15.2. The van der Waals surface area contributed by atoms with E-state index in [1.54, 1.807) is 24.3 Å². The first kappa shape index (κ1) is 30.9. The van der Waals surface area contributed by atoms with E-state index in [4.69, 9.17) is 0 Å². The largest absolute Gasteiger partial charge is 0.354 e. The number of rotatable bonds is 12. The molecule has 3 aromatic carbocycles. The summed E-state index contributed by atoms with van der Waals surface area (Å²) in [6, 6.07) is 20.5. The van der Waals surface area contributed by atoms with E-state index in [-0.39, 0.29) is 23.3 Å². The molecule has 0 spiro atoms. The standard InChI is InChI=1S/C32H41N3O4S/c1-7-29(32(37)33-20-23(2)3)34(21-27-14-12-11-13-25(27)5)31(36)22-35(30-18-17-24(4)19-26(30)6)40(38,39)28-15-9-8-10-16-28/h8-19,23,29H,7,20-22H2,1-6H3,(H,33,37). The molecule has 0 bridgehead atoms. The SMILES string of the molecule is CCC(C(=O)NCC(C)C)N(Cc1ccccc1C)C(=O)CN(c1ccc(C)cc1C)S(=O)(=O)c1ccccc1. The maximum atomic E-state index is 14.2. The van der Waals surface area contributed by atoms with Crippen LogP contribution in [0.5, 0.6) is 0 Å². The van der Waals surface area contributed by atoms with Crippen LogP contribution in [0, 0.1) is 26.7 Å². The van der Waals surface area contributed by atoms with Gasteiger partial charge in [0.15, 0.2) is 0 Å². The molecule has 0 radical (unpaired) electrons. The molecule has 2 amide bonds. The Bertz CT molecular complexity index is 1420. The minimum atomic E-state index is -4.09. The normalized spacial score (nSPS) is 12.2. The number of nitrogens with zero attached hydrogens (tertiary/aromatic N) is 2. The summed E-state index contributed by atoms with van der Waals surface area (Å²) in [7, 11) is -4.09. The minimum Gasteiger partial charge on any atom is -0.354 e. The van der Waals surface area contributed by atoms with Gasteiger partial charge < -0.3 is 10.2 Å². The third kappa shape index (κ3) is 7.50. The van der Waals surface area contributed by atoms with Crippen LogP contribution >= 0.6 is 0 Å². The second kappa shape index (κ2) is 13.6. The summed E-state index contributed by atoms with van der Waals surface area (Å²) in [5.74, 6) is -0.450. The van der Waals surface area contributed by atoms with Crippen LogP contribution in [0.1, 0.15) is 49.4 Å². The van der Waals surface area contributed by atoms with E-state index in [0.29, 0.717) is 18.7 Å². The molecule has 0 heterocycles. The van der Waals surface area contributed by atoms with Crippen LogP contribution in [-0.2, 0) is 26.2 Å². The van der Waals surface area contributed by atoms with Gasteiger partial charge in [0.2, 0.25) is 11.8 Å². The molecule has 0 saturated carbocycles. The van der Waals surface area contributed by atoms with Crippen LogP contribution in [0.25, 0.3) is 0 Å². The van der Waals surface area contributed by atoms with Crippen LogP contribution in [-0.4, -0.2) is 44.3 Å². The molecular weight excluding hydrogens is 522 g/mol. The number of anilines is 1. The highest BCUT2D eigenvalue weighted by Crippen LogP contribution is 2.28. The van der Waals surface area contributed by atoms with Crippen molar-refractivity contribution in [2.75, 3.05) is 17.4 Å². The van der Waals surface area contributed by atoms with E-state index in [9.17, 15) is 18.0 Å². The number of amides is 2. The average Bonchev–Trinajstić information content (AvgIpc) is 2.92. The Labute approximate surface area is 239 Å². The van der Waals surface area contributed by atoms with E-state index < -0.39 is 28.5 Å². The van der Waals surface area contributed by atoms with Crippen molar-refractivity contribution >= 4 is 27.5 Å². The molecule has 1 N–H and O–H groups in total. The second-order valence-corrected chi connectivity index (χ2v) is 12.5. The van der Waals surface area contributed by atoms with Crippen molar-refractivity contribution in [2.24, 2.45) is 5.92 Å². The summed E-state index contributed by atoms with van der Waals surface area (Å²) in [5, 5.41) is 2.96. The van der Waals surface area contributed by atoms with Crippen molar-refractivity contribution in [3.8, 4) is 0 Å². The molecular formula is C32H41N3O4S. The number of carbonyl (C=O) groups excluding carboxylic acids is 2. The summed E-state index contributed by atoms with van der Waals surface area (Å²) in [6.45, 7) is 11.8. The lowest BCUT2D eigenvalue weighted by molar-refractivity contribution is -0.140. The van der Waals surface area contributed by atoms with Gasteiger partial charge in [0.1, 0.15) is 12.6 Å². The zero-order valence-corrected chi connectivity index (χ0v) is 25.2. The van der Waals surface area contributed by atoms with Gasteiger partial charge in [-0.25, -0.2) is 8.42 Å². The average molecular weight is 564 g/mol. The fourth-order valence-electron chi connectivity index (χ4n) is 4.63. The van der Waals surface area contributed by atoms with Gasteiger partial charge in [-0.15, -0.1) is 0 Å². The molecule has 1 atom stereocenters. The molecule has 8 heteroatoms. The Hall–Kier alpha value is -3.65. The highest BCUT2D eigenvalue weighted by Gasteiger charge is 2.34. The number of hydrogen-bond acceptors (Lipinski definition) is 4. The third-order valence-electron chi connectivity index (χ3n) is 6.90. The topological polar surface area (TPSA) is 86.8 Å². The molecule has 3 aromatic rings. The predicted octanol–water partition coefficient (Wildman–Crippen LogP) is 5.39. The van der Waals surface area contributed by atoms with Gasteiger partial charge in [-0.3, -0.25) is 13.9 Å². The Morgan fingerprint density at radius 3 is 2.12 bits per heavy atom. The monoisotopic (exact) mass is 563 g/mol. The molecule has 0 fully saturated rings. The Kier molecular flexibility index (Phi) is 10.5. The highest BCUT2D eigenvalue weighted by molar-refractivity contribution is 7.92. The fourth-order valence-corrected chi connectivity index (χ4v) is 6.13. The fraction of sp³-hybridized carbons (Fsp3) is 0.375. The number of carbonyl (C=O) groups is 2. The van der Waals surface area contributed by atoms with E-state index in [1.807, 2.05) is 77.9 Å². The maximum Gasteiger partial charge on any atom is 0.264 e. The maximum absolute atomic E-state index is 14.2. The van der Waals surface area contributed by atoms with Gasteiger partial charge >= 0.3 is 0 Å². The lowest BCUT2D eigenvalue weighted by Crippen LogP contribution is -2.52. The van der Waals surface area contributed by atoms with Crippen molar-refractivity contribution in [3.05, 3.63) is 95.1 Å². The van der Waals surface area contributed by atoms with E-state index in [2.05, 4.69) is 5.32 Å².